The molecule has 1 heterocycles. The number of carbonyl (C=O) groups excluding carboxylic acids is 2. The maximum atomic E-state index is 14.2. The van der Waals surface area contributed by atoms with Crippen molar-refractivity contribution < 1.29 is 26.9 Å². The van der Waals surface area contributed by atoms with Gasteiger partial charge in [-0.3, -0.25) is 9.59 Å². The first-order chi connectivity index (χ1) is 21.8. The summed E-state index contributed by atoms with van der Waals surface area (Å²) in [6.07, 6.45) is 2.13. The lowest BCUT2D eigenvalue weighted by Gasteiger charge is -2.49. The molecule has 3 aromatic carbocycles. The van der Waals surface area contributed by atoms with Crippen LogP contribution in [0.2, 0.25) is 0 Å². The molecule has 0 bridgehead atoms. The summed E-state index contributed by atoms with van der Waals surface area (Å²) in [7, 11) is -4.12. The van der Waals surface area contributed by atoms with Crippen LogP contribution in [0, 0.1) is 10.8 Å². The molecule has 0 radical (unpaired) electrons. The molecule has 1 aliphatic heterocycles. The zero-order valence-electron chi connectivity index (χ0n) is 27.1. The van der Waals surface area contributed by atoms with Crippen molar-refractivity contribution in [1.82, 2.24) is 4.90 Å². The first-order valence-corrected chi connectivity index (χ1v) is 17.3. The number of carbonyl (C=O) groups is 2. The summed E-state index contributed by atoms with van der Waals surface area (Å²) in [5, 5.41) is 0. The highest BCUT2D eigenvalue weighted by Gasteiger charge is 2.49. The van der Waals surface area contributed by atoms with E-state index in [1.807, 2.05) is 25.1 Å². The lowest BCUT2D eigenvalue weighted by molar-refractivity contribution is -0.119. The molecule has 0 saturated carbocycles. The highest BCUT2D eigenvalue weighted by molar-refractivity contribution is 7.87. The molecule has 3 aromatic rings. The van der Waals surface area contributed by atoms with Crippen molar-refractivity contribution in [3.63, 3.8) is 0 Å². The van der Waals surface area contributed by atoms with E-state index >= 15 is 0 Å². The number of allylic oxidation sites excluding steroid dienone is 4. The van der Waals surface area contributed by atoms with E-state index < -0.39 is 16.0 Å². The first kappa shape index (κ1) is 31.8. The average molecular weight is 640 g/mol. The van der Waals surface area contributed by atoms with Crippen molar-refractivity contribution in [1.29, 1.82) is 0 Å². The van der Waals surface area contributed by atoms with Crippen LogP contribution >= 0.6 is 0 Å². The molecule has 0 amide bonds. The molecule has 0 saturated heterocycles. The summed E-state index contributed by atoms with van der Waals surface area (Å²) in [4.78, 5) is 30.7. The van der Waals surface area contributed by atoms with Crippen molar-refractivity contribution in [2.45, 2.75) is 77.7 Å². The van der Waals surface area contributed by atoms with Crippen LogP contribution < -0.4 is 8.92 Å². The van der Waals surface area contributed by atoms with Crippen LogP contribution in [0.1, 0.15) is 77.3 Å². The molecular weight excluding hydrogens is 598 g/mol. The van der Waals surface area contributed by atoms with Crippen LogP contribution in [0.25, 0.3) is 0 Å². The third kappa shape index (κ3) is 6.15. The van der Waals surface area contributed by atoms with Gasteiger partial charge in [-0.1, -0.05) is 82.3 Å². The Hall–Kier alpha value is -4.17. The van der Waals surface area contributed by atoms with Crippen LogP contribution in [0.4, 0.5) is 0 Å². The largest absolute Gasteiger partial charge is 0.490 e. The number of ketones is 2. The maximum Gasteiger partial charge on any atom is 0.339 e. The highest BCUT2D eigenvalue weighted by atomic mass is 32.2. The minimum Gasteiger partial charge on any atom is -0.490 e. The molecule has 0 aromatic heterocycles. The summed E-state index contributed by atoms with van der Waals surface area (Å²) in [6.45, 7) is 11.1. The van der Waals surface area contributed by atoms with Crippen molar-refractivity contribution in [2.24, 2.45) is 10.8 Å². The van der Waals surface area contributed by atoms with E-state index in [9.17, 15) is 18.0 Å². The fourth-order valence-corrected chi connectivity index (χ4v) is 8.09. The minimum absolute atomic E-state index is 0.0303. The highest BCUT2D eigenvalue weighted by Crippen LogP contribution is 2.55. The van der Waals surface area contributed by atoms with Gasteiger partial charge in [-0.2, -0.15) is 8.42 Å². The number of ether oxygens (including phenoxy) is 1. The van der Waals surface area contributed by atoms with Crippen LogP contribution in [0.5, 0.6) is 11.5 Å². The number of rotatable bonds is 8. The topological polar surface area (TPSA) is 90.0 Å². The molecule has 0 unspecified atom stereocenters. The zero-order valence-corrected chi connectivity index (χ0v) is 27.9. The molecule has 7 nitrogen and oxygen atoms in total. The Morgan fingerprint density at radius 3 is 1.83 bits per heavy atom. The second-order valence-corrected chi connectivity index (χ2v) is 15.6. The number of nitrogens with zero attached hydrogens (tertiary/aromatic N) is 1. The molecule has 3 aliphatic rings. The molecule has 46 heavy (non-hydrogen) atoms. The summed E-state index contributed by atoms with van der Waals surface area (Å²) < 4.78 is 37.8. The van der Waals surface area contributed by atoms with E-state index in [-0.39, 0.29) is 45.4 Å². The lowest BCUT2D eigenvalue weighted by Crippen LogP contribution is -2.44. The number of Topliss-reactive ketones (excluding diaryl/α,β-unsaturated/α-hetero) is 2. The molecule has 6 rings (SSSR count). The maximum absolute atomic E-state index is 14.2. The number of hydrogen-bond acceptors (Lipinski definition) is 7. The number of hydrogen-bond donors (Lipinski definition) is 0. The van der Waals surface area contributed by atoms with E-state index in [1.165, 1.54) is 12.1 Å². The zero-order chi connectivity index (χ0) is 32.9. The van der Waals surface area contributed by atoms with Gasteiger partial charge >= 0.3 is 10.1 Å². The standard InChI is InChI=1S/C38H41NO6S/c1-6-44-33-19-26(17-18-32(33)45-46(42,43)27-15-11-8-12-16-27)34-35-28(20-37(2,3)22-30(35)40)39(24-25-13-9-7-10-14-25)29-21-38(4,5)23-31(41)36(29)34/h7-19,34H,6,20-24H2,1-5H3. The normalized spacial score (nSPS) is 19.5. The Kier molecular flexibility index (Phi) is 8.21. The van der Waals surface area contributed by atoms with Crippen molar-refractivity contribution >= 4 is 21.7 Å². The molecule has 240 valence electrons. The van der Waals surface area contributed by atoms with Gasteiger partial charge < -0.3 is 13.8 Å². The Morgan fingerprint density at radius 2 is 1.28 bits per heavy atom. The average Bonchev–Trinajstić information content (AvgIpc) is 2.98. The van der Waals surface area contributed by atoms with E-state index in [4.69, 9.17) is 8.92 Å². The molecule has 0 atom stereocenters. The second kappa shape index (κ2) is 11.9. The minimum atomic E-state index is -4.12. The molecular formula is C38H41NO6S. The van der Waals surface area contributed by atoms with Crippen LogP contribution in [-0.4, -0.2) is 31.5 Å². The Balaban J connectivity index is 1.52. The van der Waals surface area contributed by atoms with Gasteiger partial charge in [0.25, 0.3) is 0 Å². The van der Waals surface area contributed by atoms with Crippen LogP contribution in [0.3, 0.4) is 0 Å². The fraction of sp³-hybridized carbons (Fsp3) is 0.368. The van der Waals surface area contributed by atoms with Gasteiger partial charge in [0.1, 0.15) is 4.90 Å². The van der Waals surface area contributed by atoms with Crippen LogP contribution in [-0.2, 0) is 26.3 Å². The van der Waals surface area contributed by atoms with Gasteiger partial charge in [-0.25, -0.2) is 0 Å². The van der Waals surface area contributed by atoms with Gasteiger partial charge in [0.15, 0.2) is 23.1 Å². The molecule has 0 fully saturated rings. The number of benzene rings is 3. The summed E-state index contributed by atoms with van der Waals surface area (Å²) in [5.74, 6) is -0.246. The second-order valence-electron chi connectivity index (χ2n) is 14.1. The summed E-state index contributed by atoms with van der Waals surface area (Å²) in [5.41, 5.74) is 4.53. The van der Waals surface area contributed by atoms with Gasteiger partial charge in [0.05, 0.1) is 6.61 Å². The predicted molar refractivity (Wildman–Crippen MR) is 177 cm³/mol. The lowest BCUT2D eigenvalue weighted by atomic mass is 9.63. The first-order valence-electron chi connectivity index (χ1n) is 15.9. The van der Waals surface area contributed by atoms with Crippen molar-refractivity contribution in [2.75, 3.05) is 6.61 Å². The molecule has 0 N–H and O–H groups in total. The van der Waals surface area contributed by atoms with Crippen molar-refractivity contribution in [3.05, 3.63) is 113 Å². The van der Waals surface area contributed by atoms with Crippen LogP contribution in [0.15, 0.2) is 106 Å². The Labute approximate surface area is 272 Å². The van der Waals surface area contributed by atoms with E-state index in [0.29, 0.717) is 48.9 Å². The monoisotopic (exact) mass is 639 g/mol. The molecule has 8 heteroatoms. The SMILES string of the molecule is CCOc1cc(C2C3=C(CC(C)(C)CC3=O)N(Cc3ccccc3)C3=C2C(=O)CC(C)(C)C3)ccc1OS(=O)(=O)c1ccccc1. The van der Waals surface area contributed by atoms with E-state index in [2.05, 4.69) is 44.7 Å². The van der Waals surface area contributed by atoms with Gasteiger partial charge in [0.2, 0.25) is 0 Å². The third-order valence-electron chi connectivity index (χ3n) is 9.04. The summed E-state index contributed by atoms with van der Waals surface area (Å²) >= 11 is 0. The Morgan fingerprint density at radius 1 is 0.739 bits per heavy atom. The Bertz CT molecular complexity index is 1800. The van der Waals surface area contributed by atoms with E-state index in [1.54, 1.807) is 36.4 Å². The molecule has 2 aliphatic carbocycles. The fourth-order valence-electron chi connectivity index (χ4n) is 7.13. The van der Waals surface area contributed by atoms with Gasteiger partial charge in [-0.15, -0.1) is 0 Å². The van der Waals surface area contributed by atoms with Gasteiger partial charge in [0, 0.05) is 47.8 Å². The summed E-state index contributed by atoms with van der Waals surface area (Å²) in [6, 6.07) is 23.2. The quantitative estimate of drug-likeness (QED) is 0.233. The molecule has 0 spiro atoms. The smallest absolute Gasteiger partial charge is 0.339 e. The van der Waals surface area contributed by atoms with Crippen molar-refractivity contribution in [3.8, 4) is 11.5 Å². The van der Waals surface area contributed by atoms with Gasteiger partial charge in [-0.05, 0) is 66.0 Å². The third-order valence-corrected chi connectivity index (χ3v) is 10.3. The predicted octanol–water partition coefficient (Wildman–Crippen LogP) is 7.74. The van der Waals surface area contributed by atoms with E-state index in [0.717, 1.165) is 17.0 Å².